The molecule has 0 atom stereocenters. The number of anilines is 1. The molecule has 1 aromatic heterocycles. The Morgan fingerprint density at radius 1 is 1.20 bits per heavy atom. The number of carbonyl (C=O) groups is 2. The molecule has 0 radical (unpaired) electrons. The Morgan fingerprint density at radius 3 is 2.32 bits per heavy atom. The van der Waals surface area contributed by atoms with Crippen LogP contribution in [0.5, 0.6) is 11.5 Å². The normalized spacial score (nSPS) is 10.4. The maximum Gasteiger partial charge on any atom is 0.262 e. The lowest BCUT2D eigenvalue weighted by Gasteiger charge is -2.27. The monoisotopic (exact) mass is 347 g/mol. The van der Waals surface area contributed by atoms with Gasteiger partial charge in [0.15, 0.2) is 5.82 Å². The Balaban J connectivity index is 2.25. The summed E-state index contributed by atoms with van der Waals surface area (Å²) in [5.41, 5.74) is 0.274. The third-order valence-electron chi connectivity index (χ3n) is 3.55. The molecule has 0 aliphatic carbocycles. The van der Waals surface area contributed by atoms with E-state index in [1.165, 1.54) is 31.4 Å². The van der Waals surface area contributed by atoms with Crippen LogP contribution < -0.4 is 14.8 Å². The minimum absolute atomic E-state index is 0.148. The average molecular weight is 347 g/mol. The van der Waals surface area contributed by atoms with E-state index in [2.05, 4.69) is 15.0 Å². The van der Waals surface area contributed by atoms with Crippen LogP contribution in [0.4, 0.5) is 5.82 Å². The third kappa shape index (κ3) is 4.28. The quantitative estimate of drug-likeness (QED) is 0.825. The first-order chi connectivity index (χ1) is 12.0. The molecule has 1 aromatic carbocycles. The van der Waals surface area contributed by atoms with E-state index in [-0.39, 0.29) is 35.8 Å². The number of ether oxygens (including phenoxy) is 2. The molecule has 0 unspecified atom stereocenters. The van der Waals surface area contributed by atoms with Gasteiger partial charge in [-0.15, -0.1) is 0 Å². The van der Waals surface area contributed by atoms with E-state index < -0.39 is 0 Å². The van der Waals surface area contributed by atoms with Crippen molar-refractivity contribution in [2.75, 3.05) is 26.1 Å². The molecule has 1 heterocycles. The zero-order chi connectivity index (χ0) is 18.4. The molecule has 0 bridgehead atoms. The van der Waals surface area contributed by atoms with E-state index in [0.29, 0.717) is 11.5 Å². The molecular formula is C17H21N3O5. The zero-order valence-electron chi connectivity index (χ0n) is 14.6. The van der Waals surface area contributed by atoms with Crippen molar-refractivity contribution >= 4 is 17.6 Å². The molecular weight excluding hydrogens is 326 g/mol. The standard InChI is InChI=1S/C17H21N3O5/c1-11(2)20(10-15(21)18-14-8-9-25-19-14)17(22)16-12(23-3)6-5-7-13(16)24-4/h5-9,11H,10H2,1-4H3,(H,18,19,21). The van der Waals surface area contributed by atoms with Gasteiger partial charge in [-0.2, -0.15) is 0 Å². The fraction of sp³-hybridized carbons (Fsp3) is 0.353. The number of methoxy groups -OCH3 is 2. The van der Waals surface area contributed by atoms with Crippen molar-refractivity contribution in [1.82, 2.24) is 10.1 Å². The van der Waals surface area contributed by atoms with Crippen LogP contribution >= 0.6 is 0 Å². The van der Waals surface area contributed by atoms with Crippen LogP contribution in [0.15, 0.2) is 35.1 Å². The fourth-order valence-electron chi connectivity index (χ4n) is 2.31. The Hall–Kier alpha value is -3.03. The van der Waals surface area contributed by atoms with Crippen molar-refractivity contribution in [3.8, 4) is 11.5 Å². The van der Waals surface area contributed by atoms with Crippen LogP contribution in [0.1, 0.15) is 24.2 Å². The van der Waals surface area contributed by atoms with Crippen LogP contribution in [0.25, 0.3) is 0 Å². The van der Waals surface area contributed by atoms with E-state index in [1.54, 1.807) is 18.2 Å². The number of nitrogens with one attached hydrogen (secondary N) is 1. The van der Waals surface area contributed by atoms with E-state index in [1.807, 2.05) is 13.8 Å². The van der Waals surface area contributed by atoms with Gasteiger partial charge < -0.3 is 24.2 Å². The summed E-state index contributed by atoms with van der Waals surface area (Å²) < 4.78 is 15.2. The summed E-state index contributed by atoms with van der Waals surface area (Å²) in [6.45, 7) is 3.50. The van der Waals surface area contributed by atoms with Gasteiger partial charge in [0.25, 0.3) is 5.91 Å². The highest BCUT2D eigenvalue weighted by molar-refractivity contribution is 6.02. The van der Waals surface area contributed by atoms with Gasteiger partial charge in [-0.05, 0) is 26.0 Å². The number of rotatable bonds is 7. The van der Waals surface area contributed by atoms with Gasteiger partial charge in [-0.3, -0.25) is 9.59 Å². The van der Waals surface area contributed by atoms with E-state index >= 15 is 0 Å². The van der Waals surface area contributed by atoms with Crippen LogP contribution in [-0.4, -0.2) is 48.7 Å². The Labute approximate surface area is 145 Å². The Morgan fingerprint density at radius 2 is 1.84 bits per heavy atom. The SMILES string of the molecule is COc1cccc(OC)c1C(=O)N(CC(=O)Nc1ccon1)C(C)C. The number of aromatic nitrogens is 1. The highest BCUT2D eigenvalue weighted by atomic mass is 16.5. The molecule has 0 aliphatic rings. The van der Waals surface area contributed by atoms with Crippen LogP contribution in [0, 0.1) is 0 Å². The molecule has 0 spiro atoms. The van der Waals surface area contributed by atoms with Gasteiger partial charge in [0.05, 0.1) is 14.2 Å². The highest BCUT2D eigenvalue weighted by Gasteiger charge is 2.27. The van der Waals surface area contributed by atoms with E-state index in [4.69, 9.17) is 9.47 Å². The first kappa shape index (κ1) is 18.3. The van der Waals surface area contributed by atoms with Gasteiger partial charge in [-0.1, -0.05) is 11.2 Å². The van der Waals surface area contributed by atoms with Crippen LogP contribution in [-0.2, 0) is 4.79 Å². The minimum atomic E-state index is -0.384. The Bertz CT molecular complexity index is 706. The lowest BCUT2D eigenvalue weighted by Crippen LogP contribution is -2.42. The maximum atomic E-state index is 13.0. The predicted molar refractivity (Wildman–Crippen MR) is 90.9 cm³/mol. The summed E-state index contributed by atoms with van der Waals surface area (Å²) in [4.78, 5) is 26.7. The summed E-state index contributed by atoms with van der Waals surface area (Å²) in [7, 11) is 2.95. The second-order valence-corrected chi connectivity index (χ2v) is 5.50. The van der Waals surface area contributed by atoms with Gasteiger partial charge >= 0.3 is 0 Å². The van der Waals surface area contributed by atoms with Crippen molar-refractivity contribution in [2.45, 2.75) is 19.9 Å². The summed E-state index contributed by atoms with van der Waals surface area (Å²) in [6, 6.07) is 6.37. The largest absolute Gasteiger partial charge is 0.496 e. The average Bonchev–Trinajstić information content (AvgIpc) is 3.10. The lowest BCUT2D eigenvalue weighted by molar-refractivity contribution is -0.117. The second kappa shape index (κ2) is 8.18. The van der Waals surface area contributed by atoms with E-state index in [0.717, 1.165) is 0 Å². The smallest absolute Gasteiger partial charge is 0.262 e. The van der Waals surface area contributed by atoms with Gasteiger partial charge in [0.1, 0.15) is 29.9 Å². The molecule has 2 aromatic rings. The maximum absolute atomic E-state index is 13.0. The molecule has 0 fully saturated rings. The van der Waals surface area contributed by atoms with Crippen LogP contribution in [0.2, 0.25) is 0 Å². The van der Waals surface area contributed by atoms with Crippen molar-refractivity contribution in [1.29, 1.82) is 0 Å². The first-order valence-electron chi connectivity index (χ1n) is 7.70. The minimum Gasteiger partial charge on any atom is -0.496 e. The zero-order valence-corrected chi connectivity index (χ0v) is 14.6. The first-order valence-corrected chi connectivity index (χ1v) is 7.70. The molecule has 2 rings (SSSR count). The Kier molecular flexibility index (Phi) is 5.99. The number of benzene rings is 1. The van der Waals surface area contributed by atoms with Crippen molar-refractivity contribution in [2.24, 2.45) is 0 Å². The predicted octanol–water partition coefficient (Wildman–Crippen LogP) is 2.18. The number of amides is 2. The van der Waals surface area contributed by atoms with Gasteiger partial charge in [-0.25, -0.2) is 0 Å². The van der Waals surface area contributed by atoms with Crippen LogP contribution in [0.3, 0.4) is 0 Å². The number of hydrogen-bond donors (Lipinski definition) is 1. The number of hydrogen-bond acceptors (Lipinski definition) is 6. The van der Waals surface area contributed by atoms with E-state index in [9.17, 15) is 9.59 Å². The third-order valence-corrected chi connectivity index (χ3v) is 3.55. The van der Waals surface area contributed by atoms with Gasteiger partial charge in [0, 0.05) is 12.1 Å². The molecule has 8 nitrogen and oxygen atoms in total. The molecule has 25 heavy (non-hydrogen) atoms. The number of nitrogens with zero attached hydrogens (tertiary/aromatic N) is 2. The summed E-state index contributed by atoms with van der Waals surface area (Å²) in [5, 5.41) is 6.19. The lowest BCUT2D eigenvalue weighted by atomic mass is 10.1. The summed E-state index contributed by atoms with van der Waals surface area (Å²) in [6.07, 6.45) is 1.35. The molecule has 0 saturated carbocycles. The summed E-state index contributed by atoms with van der Waals surface area (Å²) in [5.74, 6) is 0.305. The molecule has 0 saturated heterocycles. The highest BCUT2D eigenvalue weighted by Crippen LogP contribution is 2.30. The molecule has 1 N–H and O–H groups in total. The topological polar surface area (TPSA) is 93.9 Å². The summed E-state index contributed by atoms with van der Waals surface area (Å²) >= 11 is 0. The molecule has 2 amide bonds. The molecule has 0 aliphatic heterocycles. The second-order valence-electron chi connectivity index (χ2n) is 5.50. The number of carbonyl (C=O) groups excluding carboxylic acids is 2. The van der Waals surface area contributed by atoms with Crippen molar-refractivity contribution < 1.29 is 23.6 Å². The van der Waals surface area contributed by atoms with Crippen molar-refractivity contribution in [3.05, 3.63) is 36.1 Å². The fourth-order valence-corrected chi connectivity index (χ4v) is 2.31. The van der Waals surface area contributed by atoms with Crippen molar-refractivity contribution in [3.63, 3.8) is 0 Å². The molecule has 134 valence electrons. The molecule has 8 heteroatoms. The van der Waals surface area contributed by atoms with Gasteiger partial charge in [0.2, 0.25) is 5.91 Å².